The Morgan fingerprint density at radius 3 is 2.58 bits per heavy atom. The first-order valence-electron chi connectivity index (χ1n) is 5.58. The lowest BCUT2D eigenvalue weighted by Gasteiger charge is -2.19. The van der Waals surface area contributed by atoms with Crippen molar-refractivity contribution in [3.05, 3.63) is 58.3 Å². The summed E-state index contributed by atoms with van der Waals surface area (Å²) >= 11 is 3.06. The van der Waals surface area contributed by atoms with E-state index in [1.807, 2.05) is 0 Å². The normalized spacial score (nSPS) is 10.3. The number of amides is 1. The first-order chi connectivity index (χ1) is 9.00. The third kappa shape index (κ3) is 2.76. The minimum atomic E-state index is -0.404. The molecule has 0 saturated heterocycles. The van der Waals surface area contributed by atoms with Crippen molar-refractivity contribution in [2.45, 2.75) is 0 Å². The number of halogens is 2. The molecule has 1 amide bonds. The van der Waals surface area contributed by atoms with Crippen LogP contribution in [0, 0.1) is 5.82 Å². The van der Waals surface area contributed by atoms with Crippen molar-refractivity contribution < 1.29 is 9.18 Å². The summed E-state index contributed by atoms with van der Waals surface area (Å²) in [6, 6.07) is 11.2. The molecule has 98 valence electrons. The highest BCUT2D eigenvalue weighted by Crippen LogP contribution is 2.24. The summed E-state index contributed by atoms with van der Waals surface area (Å²) in [6.07, 6.45) is 0. The lowest BCUT2D eigenvalue weighted by molar-refractivity contribution is 0.0993. The van der Waals surface area contributed by atoms with Crippen LogP contribution in [-0.2, 0) is 0 Å². The molecule has 5 heteroatoms. The molecule has 0 bridgehead atoms. The fourth-order valence-corrected chi connectivity index (χ4v) is 2.10. The number of anilines is 2. The third-order valence-electron chi connectivity index (χ3n) is 2.77. The van der Waals surface area contributed by atoms with Crippen LogP contribution in [0.5, 0.6) is 0 Å². The van der Waals surface area contributed by atoms with Gasteiger partial charge in [-0.1, -0.05) is 12.1 Å². The molecule has 0 aliphatic carbocycles. The van der Waals surface area contributed by atoms with E-state index in [9.17, 15) is 9.18 Å². The van der Waals surface area contributed by atoms with Gasteiger partial charge in [0.1, 0.15) is 5.82 Å². The highest BCUT2D eigenvalue weighted by Gasteiger charge is 2.16. The molecule has 0 spiro atoms. The van der Waals surface area contributed by atoms with E-state index in [2.05, 4.69) is 15.9 Å². The van der Waals surface area contributed by atoms with E-state index in [4.69, 9.17) is 5.73 Å². The molecular weight excluding hydrogens is 311 g/mol. The van der Waals surface area contributed by atoms with Gasteiger partial charge in [-0.05, 0) is 46.3 Å². The molecule has 0 atom stereocenters. The van der Waals surface area contributed by atoms with Gasteiger partial charge in [-0.2, -0.15) is 0 Å². The second-order valence-electron chi connectivity index (χ2n) is 4.05. The van der Waals surface area contributed by atoms with Gasteiger partial charge in [-0.25, -0.2) is 4.39 Å². The van der Waals surface area contributed by atoms with Crippen LogP contribution in [0.4, 0.5) is 15.8 Å². The summed E-state index contributed by atoms with van der Waals surface area (Å²) < 4.78 is 13.4. The summed E-state index contributed by atoms with van der Waals surface area (Å²) in [7, 11) is 1.63. The molecule has 2 aromatic rings. The van der Waals surface area contributed by atoms with Crippen molar-refractivity contribution in [3.63, 3.8) is 0 Å². The van der Waals surface area contributed by atoms with Crippen molar-refractivity contribution >= 4 is 33.2 Å². The predicted octanol–water partition coefficient (Wildman–Crippen LogP) is 3.45. The highest BCUT2D eigenvalue weighted by molar-refractivity contribution is 9.10. The zero-order chi connectivity index (χ0) is 14.0. The summed E-state index contributed by atoms with van der Waals surface area (Å²) in [5, 5.41) is 0. The van der Waals surface area contributed by atoms with Gasteiger partial charge in [0.25, 0.3) is 5.91 Å². The number of para-hydroxylation sites is 2. The minimum Gasteiger partial charge on any atom is -0.397 e. The molecule has 2 rings (SSSR count). The van der Waals surface area contributed by atoms with Gasteiger partial charge >= 0.3 is 0 Å². The number of hydrogen-bond donors (Lipinski definition) is 1. The summed E-state index contributed by atoms with van der Waals surface area (Å²) in [6.45, 7) is 0. The maximum Gasteiger partial charge on any atom is 0.258 e. The molecule has 0 aromatic heterocycles. The lowest BCUT2D eigenvalue weighted by Crippen LogP contribution is -2.27. The molecule has 0 saturated carbocycles. The molecule has 0 heterocycles. The molecular formula is C14H12BrFN2O. The molecule has 0 fully saturated rings. The molecule has 0 aliphatic rings. The van der Waals surface area contributed by atoms with E-state index in [1.54, 1.807) is 31.3 Å². The van der Waals surface area contributed by atoms with Gasteiger partial charge in [-0.15, -0.1) is 0 Å². The number of carbonyl (C=O) groups is 1. The standard InChI is InChI=1S/C14H12BrFN2O/c1-18(13-5-3-2-4-12(13)17)14(19)9-6-7-11(16)10(15)8-9/h2-8H,17H2,1H3. The fraction of sp³-hybridized carbons (Fsp3) is 0.0714. The SMILES string of the molecule is CN(C(=O)c1ccc(F)c(Br)c1)c1ccccc1N. The largest absolute Gasteiger partial charge is 0.397 e. The Morgan fingerprint density at radius 1 is 1.26 bits per heavy atom. The highest BCUT2D eigenvalue weighted by atomic mass is 79.9. The van der Waals surface area contributed by atoms with Gasteiger partial charge in [0.05, 0.1) is 15.8 Å². The maximum atomic E-state index is 13.2. The number of rotatable bonds is 2. The first kappa shape index (κ1) is 13.5. The van der Waals surface area contributed by atoms with Crippen molar-refractivity contribution in [3.8, 4) is 0 Å². The van der Waals surface area contributed by atoms with Crippen molar-refractivity contribution in [2.24, 2.45) is 0 Å². The fourth-order valence-electron chi connectivity index (χ4n) is 1.73. The molecule has 0 aliphatic heterocycles. The molecule has 2 N–H and O–H groups in total. The average Bonchev–Trinajstić information content (AvgIpc) is 2.41. The molecule has 19 heavy (non-hydrogen) atoms. The average molecular weight is 323 g/mol. The van der Waals surface area contributed by atoms with Crippen LogP contribution in [0.1, 0.15) is 10.4 Å². The van der Waals surface area contributed by atoms with Crippen molar-refractivity contribution in [1.82, 2.24) is 0 Å². The minimum absolute atomic E-state index is 0.251. The summed E-state index contributed by atoms with van der Waals surface area (Å²) in [5.74, 6) is -0.656. The Morgan fingerprint density at radius 2 is 1.95 bits per heavy atom. The summed E-state index contributed by atoms with van der Waals surface area (Å²) in [5.41, 5.74) is 7.35. The zero-order valence-electron chi connectivity index (χ0n) is 10.2. The van der Waals surface area contributed by atoms with Crippen LogP contribution >= 0.6 is 15.9 Å². The molecule has 2 aromatic carbocycles. The Balaban J connectivity index is 2.34. The second kappa shape index (κ2) is 5.40. The third-order valence-corrected chi connectivity index (χ3v) is 3.38. The van der Waals surface area contributed by atoms with Crippen LogP contribution in [0.25, 0.3) is 0 Å². The number of nitrogens with zero attached hydrogens (tertiary/aromatic N) is 1. The van der Waals surface area contributed by atoms with Gasteiger partial charge in [0, 0.05) is 12.6 Å². The molecule has 3 nitrogen and oxygen atoms in total. The number of nitrogen functional groups attached to an aromatic ring is 1. The Kier molecular flexibility index (Phi) is 3.85. The number of benzene rings is 2. The van der Waals surface area contributed by atoms with E-state index in [1.165, 1.54) is 23.1 Å². The Labute approximate surface area is 119 Å². The quantitative estimate of drug-likeness (QED) is 0.861. The van der Waals surface area contributed by atoms with Crippen LogP contribution < -0.4 is 10.6 Å². The topological polar surface area (TPSA) is 46.3 Å². The zero-order valence-corrected chi connectivity index (χ0v) is 11.8. The Bertz CT molecular complexity index is 631. The van der Waals surface area contributed by atoms with Crippen molar-refractivity contribution in [1.29, 1.82) is 0 Å². The van der Waals surface area contributed by atoms with Crippen molar-refractivity contribution in [2.75, 3.05) is 17.7 Å². The first-order valence-corrected chi connectivity index (χ1v) is 6.37. The second-order valence-corrected chi connectivity index (χ2v) is 4.91. The molecule has 0 radical (unpaired) electrons. The van der Waals surface area contributed by atoms with Gasteiger partial charge < -0.3 is 10.6 Å². The number of nitrogens with two attached hydrogens (primary N) is 1. The van der Waals surface area contributed by atoms with E-state index in [-0.39, 0.29) is 10.4 Å². The van der Waals surface area contributed by atoms with Crippen LogP contribution in [0.2, 0.25) is 0 Å². The smallest absolute Gasteiger partial charge is 0.258 e. The van der Waals surface area contributed by atoms with Gasteiger partial charge in [-0.3, -0.25) is 4.79 Å². The van der Waals surface area contributed by atoms with Crippen LogP contribution in [0.3, 0.4) is 0 Å². The Hall–Kier alpha value is -1.88. The van der Waals surface area contributed by atoms with E-state index >= 15 is 0 Å². The van der Waals surface area contributed by atoms with Gasteiger partial charge in [0.15, 0.2) is 0 Å². The van der Waals surface area contributed by atoms with Gasteiger partial charge in [0.2, 0.25) is 0 Å². The van der Waals surface area contributed by atoms with Crippen LogP contribution in [0.15, 0.2) is 46.9 Å². The predicted molar refractivity (Wildman–Crippen MR) is 77.7 cm³/mol. The van der Waals surface area contributed by atoms with Crippen LogP contribution in [-0.4, -0.2) is 13.0 Å². The molecule has 0 unspecified atom stereocenters. The van der Waals surface area contributed by atoms with E-state index in [0.717, 1.165) is 0 Å². The van der Waals surface area contributed by atoms with E-state index in [0.29, 0.717) is 16.9 Å². The lowest BCUT2D eigenvalue weighted by atomic mass is 10.1. The monoisotopic (exact) mass is 322 g/mol. The van der Waals surface area contributed by atoms with E-state index < -0.39 is 5.82 Å². The maximum absolute atomic E-state index is 13.2. The number of hydrogen-bond acceptors (Lipinski definition) is 2. The number of carbonyl (C=O) groups excluding carboxylic acids is 1. The summed E-state index contributed by atoms with van der Waals surface area (Å²) in [4.78, 5) is 13.7.